The molecule has 0 saturated heterocycles. The zero-order chi connectivity index (χ0) is 21.9. The summed E-state index contributed by atoms with van der Waals surface area (Å²) in [6.07, 6.45) is 4.12. The van der Waals surface area contributed by atoms with Crippen LogP contribution in [0.5, 0.6) is 0 Å². The quantitative estimate of drug-likeness (QED) is 0.623. The third-order valence-corrected chi connectivity index (χ3v) is 5.52. The number of aromatic nitrogens is 2. The van der Waals surface area contributed by atoms with Crippen LogP contribution in [0.1, 0.15) is 36.3 Å². The molecule has 3 rings (SSSR count). The van der Waals surface area contributed by atoms with Gasteiger partial charge in [0.25, 0.3) is 15.9 Å². The van der Waals surface area contributed by atoms with Gasteiger partial charge in [0.05, 0.1) is 17.9 Å². The smallest absolute Gasteiger partial charge is 0.281 e. The molecule has 2 aromatic heterocycles. The molecule has 3 N–H and O–H groups in total. The topological polar surface area (TPSA) is 124 Å². The van der Waals surface area contributed by atoms with Gasteiger partial charge >= 0.3 is 0 Å². The molecule has 1 aliphatic rings. The molecular formula is C20H21ClN4O4S. The Labute approximate surface area is 179 Å². The second kappa shape index (κ2) is 8.85. The Morgan fingerprint density at radius 3 is 2.73 bits per heavy atom. The molecule has 0 bridgehead atoms. The van der Waals surface area contributed by atoms with E-state index in [-0.39, 0.29) is 27.3 Å². The van der Waals surface area contributed by atoms with Gasteiger partial charge in [0.1, 0.15) is 16.7 Å². The number of hydrogen-bond donors (Lipinski definition) is 2. The summed E-state index contributed by atoms with van der Waals surface area (Å²) in [6, 6.07) is 6.97. The number of pyridine rings is 2. The number of sulfonamides is 1. The van der Waals surface area contributed by atoms with Gasteiger partial charge in [0.15, 0.2) is 5.03 Å². The number of carbonyl (C=O) groups is 1. The third-order valence-electron chi connectivity index (χ3n) is 4.08. The second-order valence-corrected chi connectivity index (χ2v) is 9.07. The van der Waals surface area contributed by atoms with Gasteiger partial charge in [-0.15, -0.1) is 0 Å². The van der Waals surface area contributed by atoms with Crippen LogP contribution in [0, 0.1) is 5.92 Å². The number of anilines is 1. The summed E-state index contributed by atoms with van der Waals surface area (Å²) in [6.45, 7) is 4.63. The lowest BCUT2D eigenvalue weighted by Crippen LogP contribution is -2.32. The number of allylic oxidation sites excluding steroid dienone is 3. The first-order chi connectivity index (χ1) is 14.2. The molecule has 30 heavy (non-hydrogen) atoms. The predicted octanol–water partition coefficient (Wildman–Crippen LogP) is 3.17. The highest BCUT2D eigenvalue weighted by atomic mass is 35.5. The van der Waals surface area contributed by atoms with Crippen molar-refractivity contribution in [2.45, 2.75) is 25.3 Å². The van der Waals surface area contributed by atoms with Crippen LogP contribution in [0.3, 0.4) is 0 Å². The summed E-state index contributed by atoms with van der Waals surface area (Å²) >= 11 is 6.03. The first-order valence-corrected chi connectivity index (χ1v) is 11.0. The molecule has 10 heteroatoms. The van der Waals surface area contributed by atoms with Gasteiger partial charge in [-0.2, -0.15) is 8.42 Å². The summed E-state index contributed by atoms with van der Waals surface area (Å²) in [5, 5.41) is -0.176. The average molecular weight is 449 g/mol. The molecule has 0 spiro atoms. The fraction of sp³-hybridized carbons (Fsp3) is 0.250. The van der Waals surface area contributed by atoms with Crippen molar-refractivity contribution >= 4 is 38.9 Å². The Bertz CT molecular complexity index is 1140. The highest BCUT2D eigenvalue weighted by Crippen LogP contribution is 2.30. The van der Waals surface area contributed by atoms with E-state index in [0.717, 1.165) is 0 Å². The number of halogens is 1. The maximum atomic E-state index is 12.8. The van der Waals surface area contributed by atoms with E-state index in [1.165, 1.54) is 30.3 Å². The van der Waals surface area contributed by atoms with Crippen LogP contribution in [-0.2, 0) is 14.8 Å². The van der Waals surface area contributed by atoms with Crippen molar-refractivity contribution in [3.63, 3.8) is 0 Å². The minimum atomic E-state index is -4.22. The average Bonchev–Trinajstić information content (AvgIpc) is 3.15. The van der Waals surface area contributed by atoms with Gasteiger partial charge in [-0.25, -0.2) is 14.7 Å². The standard InChI is InChI=1S/C20H21ClN4O4S/c1-12(2)11-29-14-7-6-13(10-14)19-15(8-9-16(21)23-19)20(26)25-30(27,28)18-5-3-4-17(22)24-18/h3-5,7-10,12H,6,11H2,1-2H3,(H2,22,24)(H,25,26). The Hall–Kier alpha value is -2.91. The number of nitrogens with two attached hydrogens (primary N) is 1. The van der Waals surface area contributed by atoms with E-state index in [2.05, 4.69) is 9.97 Å². The molecule has 0 aromatic carbocycles. The van der Waals surface area contributed by atoms with E-state index in [1.807, 2.05) is 24.6 Å². The monoisotopic (exact) mass is 448 g/mol. The number of hydrogen-bond acceptors (Lipinski definition) is 7. The number of ether oxygens (including phenoxy) is 1. The van der Waals surface area contributed by atoms with Gasteiger partial charge in [-0.05, 0) is 54.3 Å². The Morgan fingerprint density at radius 1 is 1.27 bits per heavy atom. The number of carbonyl (C=O) groups excluding carboxylic acids is 1. The molecular weight excluding hydrogens is 428 g/mol. The molecule has 0 saturated carbocycles. The van der Waals surface area contributed by atoms with E-state index in [0.29, 0.717) is 30.3 Å². The first kappa shape index (κ1) is 21.8. The van der Waals surface area contributed by atoms with Gasteiger partial charge in [-0.1, -0.05) is 31.5 Å². The van der Waals surface area contributed by atoms with E-state index < -0.39 is 15.9 Å². The van der Waals surface area contributed by atoms with Crippen molar-refractivity contribution in [3.05, 3.63) is 64.7 Å². The molecule has 0 fully saturated rings. The molecule has 1 amide bonds. The summed E-state index contributed by atoms with van der Waals surface area (Å²) in [4.78, 5) is 20.8. The molecule has 0 aliphatic heterocycles. The lowest BCUT2D eigenvalue weighted by Gasteiger charge is -2.11. The molecule has 2 heterocycles. The van der Waals surface area contributed by atoms with Gasteiger partial charge < -0.3 is 10.5 Å². The van der Waals surface area contributed by atoms with Crippen LogP contribution in [0.2, 0.25) is 5.15 Å². The maximum absolute atomic E-state index is 12.8. The summed E-state index contributed by atoms with van der Waals surface area (Å²) in [7, 11) is -4.22. The van der Waals surface area contributed by atoms with E-state index in [4.69, 9.17) is 22.1 Å². The fourth-order valence-electron chi connectivity index (χ4n) is 2.70. The Balaban J connectivity index is 1.87. The summed E-state index contributed by atoms with van der Waals surface area (Å²) < 4.78 is 32.8. The number of nitrogen functional groups attached to an aromatic ring is 1. The molecule has 0 atom stereocenters. The van der Waals surface area contributed by atoms with Crippen LogP contribution in [0.15, 0.2) is 53.3 Å². The van der Waals surface area contributed by atoms with Crippen molar-refractivity contribution in [1.82, 2.24) is 14.7 Å². The first-order valence-electron chi connectivity index (χ1n) is 9.16. The number of amides is 1. The third kappa shape index (κ3) is 5.17. The molecule has 0 radical (unpaired) electrons. The largest absolute Gasteiger partial charge is 0.494 e. The Kier molecular flexibility index (Phi) is 6.42. The highest BCUT2D eigenvalue weighted by Gasteiger charge is 2.25. The SMILES string of the molecule is CC(C)COC1=CCC(c2nc(Cl)ccc2C(=O)NS(=O)(=O)c2cccc(N)n2)=C1. The van der Waals surface area contributed by atoms with Crippen molar-refractivity contribution in [2.75, 3.05) is 12.3 Å². The van der Waals surface area contributed by atoms with Crippen molar-refractivity contribution in [1.29, 1.82) is 0 Å². The van der Waals surface area contributed by atoms with Crippen molar-refractivity contribution < 1.29 is 17.9 Å². The zero-order valence-electron chi connectivity index (χ0n) is 16.4. The number of rotatable bonds is 7. The minimum absolute atomic E-state index is 0.0234. The van der Waals surface area contributed by atoms with E-state index >= 15 is 0 Å². The Morgan fingerprint density at radius 2 is 2.03 bits per heavy atom. The fourth-order valence-corrected chi connectivity index (χ4v) is 3.79. The summed E-state index contributed by atoms with van der Waals surface area (Å²) in [5.41, 5.74) is 6.59. The van der Waals surface area contributed by atoms with Crippen LogP contribution < -0.4 is 10.5 Å². The number of nitrogens with one attached hydrogen (secondary N) is 1. The second-order valence-electron chi connectivity index (χ2n) is 7.05. The zero-order valence-corrected chi connectivity index (χ0v) is 18.0. The molecule has 2 aromatic rings. The van der Waals surface area contributed by atoms with Gasteiger partial charge in [0.2, 0.25) is 0 Å². The predicted molar refractivity (Wildman–Crippen MR) is 114 cm³/mol. The number of nitrogens with zero attached hydrogens (tertiary/aromatic N) is 2. The van der Waals surface area contributed by atoms with Crippen molar-refractivity contribution in [3.8, 4) is 0 Å². The lowest BCUT2D eigenvalue weighted by atomic mass is 10.1. The maximum Gasteiger partial charge on any atom is 0.281 e. The van der Waals surface area contributed by atoms with Crippen molar-refractivity contribution in [2.24, 2.45) is 5.92 Å². The van der Waals surface area contributed by atoms with E-state index in [1.54, 1.807) is 6.08 Å². The van der Waals surface area contributed by atoms with E-state index in [9.17, 15) is 13.2 Å². The molecule has 8 nitrogen and oxygen atoms in total. The summed E-state index contributed by atoms with van der Waals surface area (Å²) in [5.74, 6) is 0.203. The van der Waals surface area contributed by atoms with Crippen LogP contribution >= 0.6 is 11.6 Å². The van der Waals surface area contributed by atoms with Crippen LogP contribution in [0.4, 0.5) is 5.82 Å². The molecule has 158 valence electrons. The highest BCUT2D eigenvalue weighted by molar-refractivity contribution is 7.90. The molecule has 1 aliphatic carbocycles. The van der Waals surface area contributed by atoms with Gasteiger partial charge in [0, 0.05) is 0 Å². The normalized spacial score (nSPS) is 13.7. The lowest BCUT2D eigenvalue weighted by molar-refractivity contribution is 0.0980. The van der Waals surface area contributed by atoms with Gasteiger partial charge in [-0.3, -0.25) is 4.79 Å². The minimum Gasteiger partial charge on any atom is -0.494 e. The van der Waals surface area contributed by atoms with Crippen LogP contribution in [0.25, 0.3) is 5.57 Å². The van der Waals surface area contributed by atoms with Crippen LogP contribution in [-0.4, -0.2) is 30.9 Å². The molecule has 0 unspecified atom stereocenters.